The Hall–Kier alpha value is -0.420. The van der Waals surface area contributed by atoms with E-state index in [9.17, 15) is 0 Å². The molecule has 0 spiro atoms. The third-order valence-corrected chi connectivity index (χ3v) is 5.29. The van der Waals surface area contributed by atoms with Gasteiger partial charge in [-0.15, -0.1) is 0 Å². The molecule has 1 aliphatic heterocycles. The van der Waals surface area contributed by atoms with Crippen LogP contribution in [-0.4, -0.2) is 37.2 Å². The zero-order valence-electron chi connectivity index (χ0n) is 12.8. The first-order valence-corrected chi connectivity index (χ1v) is 8.79. The van der Waals surface area contributed by atoms with Crippen LogP contribution in [0.4, 0.5) is 0 Å². The molecule has 21 heavy (non-hydrogen) atoms. The number of benzene rings is 1. The molecule has 3 nitrogen and oxygen atoms in total. The topological polar surface area (TPSA) is 24.5 Å². The largest absolute Gasteiger partial charge is 0.381 e. The van der Waals surface area contributed by atoms with Gasteiger partial charge < -0.3 is 10.1 Å². The van der Waals surface area contributed by atoms with Gasteiger partial charge in [-0.1, -0.05) is 28.1 Å². The van der Waals surface area contributed by atoms with Crippen molar-refractivity contribution in [2.24, 2.45) is 0 Å². The predicted molar refractivity (Wildman–Crippen MR) is 89.3 cm³/mol. The molecule has 1 N–H and O–H groups in total. The van der Waals surface area contributed by atoms with Crippen molar-refractivity contribution in [3.63, 3.8) is 0 Å². The summed E-state index contributed by atoms with van der Waals surface area (Å²) < 4.78 is 6.68. The highest BCUT2D eigenvalue weighted by atomic mass is 79.9. The van der Waals surface area contributed by atoms with E-state index in [0.717, 1.165) is 45.1 Å². The average molecular weight is 353 g/mol. The van der Waals surface area contributed by atoms with E-state index in [4.69, 9.17) is 4.74 Å². The number of ether oxygens (including phenoxy) is 1. The van der Waals surface area contributed by atoms with Crippen molar-refractivity contribution in [2.75, 3.05) is 20.2 Å². The summed E-state index contributed by atoms with van der Waals surface area (Å²) in [5.74, 6) is 0. The van der Waals surface area contributed by atoms with E-state index >= 15 is 0 Å². The maximum Gasteiger partial charge on any atom is 0.0595 e. The summed E-state index contributed by atoms with van der Waals surface area (Å²) in [5, 5.41) is 3.57. The normalized spacial score (nSPS) is 20.9. The van der Waals surface area contributed by atoms with Crippen LogP contribution >= 0.6 is 15.9 Å². The van der Waals surface area contributed by atoms with Crippen molar-refractivity contribution >= 4 is 15.9 Å². The van der Waals surface area contributed by atoms with E-state index in [0.29, 0.717) is 6.10 Å². The molecule has 1 saturated heterocycles. The Kier molecular flexibility index (Phi) is 5.33. The van der Waals surface area contributed by atoms with E-state index in [1.54, 1.807) is 0 Å². The summed E-state index contributed by atoms with van der Waals surface area (Å²) in [6.07, 6.45) is 5.45. The van der Waals surface area contributed by atoms with Crippen molar-refractivity contribution in [2.45, 2.75) is 50.9 Å². The Morgan fingerprint density at radius 2 is 2.00 bits per heavy atom. The zero-order valence-corrected chi connectivity index (χ0v) is 14.4. The van der Waals surface area contributed by atoms with Gasteiger partial charge in [0.1, 0.15) is 0 Å². The van der Waals surface area contributed by atoms with Crippen LogP contribution in [0.2, 0.25) is 0 Å². The van der Waals surface area contributed by atoms with Crippen LogP contribution in [0.3, 0.4) is 0 Å². The molecule has 1 aliphatic carbocycles. The first-order valence-electron chi connectivity index (χ1n) is 8.00. The lowest BCUT2D eigenvalue weighted by Gasteiger charge is -2.31. The predicted octanol–water partition coefficient (Wildman–Crippen LogP) is 3.31. The molecule has 1 aromatic rings. The molecule has 3 rings (SSSR count). The van der Waals surface area contributed by atoms with Gasteiger partial charge >= 0.3 is 0 Å². The van der Waals surface area contributed by atoms with Crippen molar-refractivity contribution in [1.82, 2.24) is 10.2 Å². The fourth-order valence-corrected chi connectivity index (χ4v) is 3.47. The van der Waals surface area contributed by atoms with Gasteiger partial charge in [-0.3, -0.25) is 4.90 Å². The van der Waals surface area contributed by atoms with Crippen LogP contribution in [0.5, 0.6) is 0 Å². The Morgan fingerprint density at radius 3 is 2.62 bits per heavy atom. The molecule has 1 saturated carbocycles. The van der Waals surface area contributed by atoms with Gasteiger partial charge in [0.25, 0.3) is 0 Å². The second-order valence-electron chi connectivity index (χ2n) is 6.29. The molecule has 4 heteroatoms. The summed E-state index contributed by atoms with van der Waals surface area (Å²) in [6, 6.07) is 7.57. The third kappa shape index (κ3) is 4.52. The molecule has 0 bridgehead atoms. The maximum absolute atomic E-state index is 5.44. The molecule has 1 heterocycles. The molecule has 0 atom stereocenters. The van der Waals surface area contributed by atoms with Crippen LogP contribution in [0.25, 0.3) is 0 Å². The van der Waals surface area contributed by atoms with Crippen molar-refractivity contribution in [3.8, 4) is 0 Å². The number of hydrogen-bond acceptors (Lipinski definition) is 3. The van der Waals surface area contributed by atoms with Gasteiger partial charge in [-0.25, -0.2) is 0 Å². The molecule has 2 aliphatic rings. The molecule has 0 aromatic heterocycles. The lowest BCUT2D eigenvalue weighted by atomic mass is 10.1. The van der Waals surface area contributed by atoms with Crippen molar-refractivity contribution < 1.29 is 4.74 Å². The summed E-state index contributed by atoms with van der Waals surface area (Å²) in [4.78, 5) is 2.53. The Balaban J connectivity index is 1.52. The fourth-order valence-electron chi connectivity index (χ4n) is 2.92. The van der Waals surface area contributed by atoms with Gasteiger partial charge in [0.05, 0.1) is 6.10 Å². The summed E-state index contributed by atoms with van der Waals surface area (Å²) >= 11 is 3.74. The molecule has 0 radical (unpaired) electrons. The highest BCUT2D eigenvalue weighted by Gasteiger charge is 2.21. The van der Waals surface area contributed by atoms with Crippen LogP contribution < -0.4 is 5.32 Å². The number of nitrogens with one attached hydrogen (secondary N) is 1. The number of rotatable bonds is 6. The number of nitrogens with zero attached hydrogens (tertiary/aromatic N) is 1. The van der Waals surface area contributed by atoms with E-state index in [2.05, 4.69) is 44.3 Å². The molecular formula is C17H25BrN2O. The highest BCUT2D eigenvalue weighted by Crippen LogP contribution is 2.24. The van der Waals surface area contributed by atoms with E-state index in [-0.39, 0.29) is 0 Å². The summed E-state index contributed by atoms with van der Waals surface area (Å²) in [7, 11) is 1.82. The zero-order chi connectivity index (χ0) is 14.7. The van der Waals surface area contributed by atoms with Crippen LogP contribution in [0.15, 0.2) is 22.7 Å². The van der Waals surface area contributed by atoms with Crippen LogP contribution in [0.1, 0.15) is 36.8 Å². The molecule has 0 amide bonds. The van der Waals surface area contributed by atoms with Gasteiger partial charge in [0, 0.05) is 43.8 Å². The monoisotopic (exact) mass is 352 g/mol. The first-order chi connectivity index (χ1) is 10.2. The highest BCUT2D eigenvalue weighted by molar-refractivity contribution is 9.10. The second-order valence-corrected chi connectivity index (χ2v) is 7.15. The van der Waals surface area contributed by atoms with Gasteiger partial charge in [-0.2, -0.15) is 0 Å². The van der Waals surface area contributed by atoms with Gasteiger partial charge in [0.2, 0.25) is 0 Å². The average Bonchev–Trinajstić information content (AvgIpc) is 3.33. The summed E-state index contributed by atoms with van der Waals surface area (Å²) in [6.45, 7) is 4.29. The van der Waals surface area contributed by atoms with Gasteiger partial charge in [-0.05, 0) is 42.9 Å². The number of hydrogen-bond donors (Lipinski definition) is 1. The van der Waals surface area contributed by atoms with Crippen LogP contribution in [-0.2, 0) is 17.8 Å². The van der Waals surface area contributed by atoms with E-state index in [1.165, 1.54) is 28.4 Å². The second kappa shape index (κ2) is 7.23. The molecule has 1 aromatic carbocycles. The van der Waals surface area contributed by atoms with E-state index < -0.39 is 0 Å². The Bertz CT molecular complexity index is 468. The van der Waals surface area contributed by atoms with Crippen molar-refractivity contribution in [3.05, 3.63) is 33.8 Å². The lowest BCUT2D eigenvalue weighted by molar-refractivity contribution is 0.0388. The molecule has 116 valence electrons. The minimum Gasteiger partial charge on any atom is -0.381 e. The fraction of sp³-hybridized carbons (Fsp3) is 0.647. The Morgan fingerprint density at radius 1 is 1.24 bits per heavy atom. The summed E-state index contributed by atoms with van der Waals surface area (Å²) in [5.41, 5.74) is 2.76. The molecular weight excluding hydrogens is 328 g/mol. The van der Waals surface area contributed by atoms with Crippen molar-refractivity contribution in [1.29, 1.82) is 0 Å². The number of likely N-dealkylation sites (tertiary alicyclic amines) is 1. The quantitative estimate of drug-likeness (QED) is 0.849. The third-order valence-electron chi connectivity index (χ3n) is 4.55. The van der Waals surface area contributed by atoms with E-state index in [1.807, 2.05) is 7.11 Å². The lowest BCUT2D eigenvalue weighted by Crippen LogP contribution is -2.36. The number of piperidine rings is 1. The number of halogens is 1. The van der Waals surface area contributed by atoms with Crippen LogP contribution in [0, 0.1) is 0 Å². The minimum absolute atomic E-state index is 0.459. The maximum atomic E-state index is 5.44. The van der Waals surface area contributed by atoms with Gasteiger partial charge in [0.15, 0.2) is 0 Å². The smallest absolute Gasteiger partial charge is 0.0595 e. The molecule has 2 fully saturated rings. The molecule has 0 unspecified atom stereocenters. The number of methoxy groups -OCH3 is 1. The first kappa shape index (κ1) is 15.5. The standard InChI is InChI=1S/C17H25BrN2O/c1-21-16-6-8-20(9-7-16)12-14-3-2-13(10-17(14)18)11-19-15-4-5-15/h2-3,10,15-16,19H,4-9,11-12H2,1H3. The Labute approximate surface area is 136 Å². The SMILES string of the molecule is COC1CCN(Cc2ccc(CNC3CC3)cc2Br)CC1. The minimum atomic E-state index is 0.459.